The fraction of sp³-hybridized carbons (Fsp3) is 0.531. The van der Waals surface area contributed by atoms with Crippen LogP contribution in [0.2, 0.25) is 0 Å². The highest BCUT2D eigenvalue weighted by Crippen LogP contribution is 2.42. The summed E-state index contributed by atoms with van der Waals surface area (Å²) in [5.41, 5.74) is -1.54. The van der Waals surface area contributed by atoms with Gasteiger partial charge in [0.25, 0.3) is 5.91 Å². The summed E-state index contributed by atoms with van der Waals surface area (Å²) in [6.07, 6.45) is 8.34. The van der Waals surface area contributed by atoms with Gasteiger partial charge in [0.05, 0.1) is 24.7 Å². The molecule has 4 atom stereocenters. The van der Waals surface area contributed by atoms with Gasteiger partial charge in [-0.2, -0.15) is 0 Å². The monoisotopic (exact) mass is 605 g/mol. The second kappa shape index (κ2) is 12.3. The Morgan fingerprint density at radius 3 is 2.45 bits per heavy atom. The van der Waals surface area contributed by atoms with E-state index in [1.165, 1.54) is 23.5 Å². The number of hydrogen-bond acceptors (Lipinski definition) is 8. The summed E-state index contributed by atoms with van der Waals surface area (Å²) in [6, 6.07) is 3.47. The lowest BCUT2D eigenvalue weighted by Gasteiger charge is -2.38. The van der Waals surface area contributed by atoms with Crippen molar-refractivity contribution in [1.82, 2.24) is 25.5 Å². The second-order valence-electron chi connectivity index (χ2n) is 13.2. The topological polar surface area (TPSA) is 168 Å². The molecule has 3 amide bonds. The van der Waals surface area contributed by atoms with E-state index < -0.39 is 52.8 Å². The van der Waals surface area contributed by atoms with Crippen LogP contribution in [0.3, 0.4) is 0 Å². The first-order chi connectivity index (χ1) is 20.9. The van der Waals surface area contributed by atoms with Crippen molar-refractivity contribution in [2.45, 2.75) is 89.4 Å². The number of likely N-dealkylation sites (tertiary alicyclic amines) is 1. The molecule has 1 aromatic heterocycles. The summed E-state index contributed by atoms with van der Waals surface area (Å²) in [7, 11) is 0. The zero-order chi connectivity index (χ0) is 31.6. The van der Waals surface area contributed by atoms with Gasteiger partial charge in [0.2, 0.25) is 11.8 Å². The molecule has 3 N–H and O–H groups in total. The highest BCUT2D eigenvalue weighted by molar-refractivity contribution is 6.01. The maximum absolute atomic E-state index is 14.2. The van der Waals surface area contributed by atoms with Gasteiger partial charge in [-0.1, -0.05) is 52.2 Å². The van der Waals surface area contributed by atoms with Crippen molar-refractivity contribution >= 4 is 29.5 Å². The number of carboxylic acids is 1. The van der Waals surface area contributed by atoms with Crippen molar-refractivity contribution in [2.75, 3.05) is 6.54 Å². The predicted octanol–water partition coefficient (Wildman–Crippen LogP) is 2.78. The summed E-state index contributed by atoms with van der Waals surface area (Å²) in [5.74, 6) is -2.86. The van der Waals surface area contributed by atoms with Crippen LogP contribution in [0.5, 0.6) is 5.75 Å². The highest BCUT2D eigenvalue weighted by atomic mass is 16.5. The molecule has 1 saturated heterocycles. The Labute approximate surface area is 256 Å². The SMILES string of the molecule is CC(C)(C)C(NC(=O)[C@@H](NC(=O)c1cnccn1)C1CCCCC1)C(=O)N1CC2(CC(=O)c3ccccc3O2)C[C@H]1C(=O)O. The Bertz CT molecular complexity index is 1440. The minimum atomic E-state index is -1.26. The van der Waals surface area contributed by atoms with Crippen LogP contribution < -0.4 is 15.4 Å². The summed E-state index contributed by atoms with van der Waals surface area (Å²) < 4.78 is 6.24. The molecule has 2 unspecified atom stereocenters. The molecule has 5 rings (SSSR count). The number of amides is 3. The van der Waals surface area contributed by atoms with Crippen molar-refractivity contribution in [1.29, 1.82) is 0 Å². The molecular formula is C32H39N5O7. The zero-order valence-corrected chi connectivity index (χ0v) is 25.2. The third-order valence-corrected chi connectivity index (χ3v) is 8.85. The molecule has 234 valence electrons. The van der Waals surface area contributed by atoms with E-state index in [0.29, 0.717) is 11.3 Å². The lowest BCUT2D eigenvalue weighted by molar-refractivity contribution is -0.151. The van der Waals surface area contributed by atoms with Gasteiger partial charge in [0.1, 0.15) is 35.2 Å². The van der Waals surface area contributed by atoms with Crippen LogP contribution in [0.25, 0.3) is 0 Å². The van der Waals surface area contributed by atoms with Crippen LogP contribution >= 0.6 is 0 Å². The van der Waals surface area contributed by atoms with Gasteiger partial charge in [-0.25, -0.2) is 9.78 Å². The van der Waals surface area contributed by atoms with E-state index in [2.05, 4.69) is 20.6 Å². The number of carbonyl (C=O) groups excluding carboxylic acids is 4. The van der Waals surface area contributed by atoms with Crippen molar-refractivity contribution in [3.63, 3.8) is 0 Å². The number of para-hydroxylation sites is 1. The second-order valence-corrected chi connectivity index (χ2v) is 13.2. The van der Waals surface area contributed by atoms with Gasteiger partial charge >= 0.3 is 5.97 Å². The van der Waals surface area contributed by atoms with Gasteiger partial charge < -0.3 is 25.4 Å². The average Bonchev–Trinajstić information content (AvgIpc) is 3.37. The molecule has 12 heteroatoms. The summed E-state index contributed by atoms with van der Waals surface area (Å²) in [5, 5.41) is 15.9. The Balaban J connectivity index is 1.40. The molecule has 1 saturated carbocycles. The number of ether oxygens (including phenoxy) is 1. The van der Waals surface area contributed by atoms with Crippen molar-refractivity contribution in [3.05, 3.63) is 54.1 Å². The zero-order valence-electron chi connectivity index (χ0n) is 25.2. The number of nitrogens with zero attached hydrogens (tertiary/aromatic N) is 3. The maximum Gasteiger partial charge on any atom is 0.326 e. The molecule has 12 nitrogen and oxygen atoms in total. The number of Topliss-reactive ketones (excluding diaryl/α,β-unsaturated/α-hetero) is 1. The lowest BCUT2D eigenvalue weighted by Crippen LogP contribution is -2.61. The first-order valence-electron chi connectivity index (χ1n) is 15.1. The molecule has 2 fully saturated rings. The number of benzene rings is 1. The molecule has 2 aromatic rings. The number of nitrogens with one attached hydrogen (secondary N) is 2. The quantitative estimate of drug-likeness (QED) is 0.430. The normalized spacial score (nSPS) is 23.3. The molecule has 3 heterocycles. The number of aliphatic carboxylic acids is 1. The van der Waals surface area contributed by atoms with Crippen molar-refractivity contribution in [2.24, 2.45) is 11.3 Å². The maximum atomic E-state index is 14.2. The van der Waals surface area contributed by atoms with Gasteiger partial charge in [0, 0.05) is 18.8 Å². The third-order valence-electron chi connectivity index (χ3n) is 8.85. The predicted molar refractivity (Wildman–Crippen MR) is 158 cm³/mol. The highest BCUT2D eigenvalue weighted by Gasteiger charge is 2.55. The summed E-state index contributed by atoms with van der Waals surface area (Å²) >= 11 is 0. The summed E-state index contributed by atoms with van der Waals surface area (Å²) in [6.45, 7) is 5.22. The molecule has 1 aliphatic carbocycles. The minimum Gasteiger partial charge on any atom is -0.484 e. The van der Waals surface area contributed by atoms with Gasteiger partial charge in [-0.3, -0.25) is 24.2 Å². The lowest BCUT2D eigenvalue weighted by atomic mass is 9.82. The molecule has 44 heavy (non-hydrogen) atoms. The Morgan fingerprint density at radius 2 is 1.80 bits per heavy atom. The van der Waals surface area contributed by atoms with Crippen molar-refractivity contribution < 1.29 is 33.8 Å². The van der Waals surface area contributed by atoms with E-state index in [-0.39, 0.29) is 36.8 Å². The van der Waals surface area contributed by atoms with Crippen LogP contribution in [0.15, 0.2) is 42.9 Å². The van der Waals surface area contributed by atoms with Crippen molar-refractivity contribution in [3.8, 4) is 5.75 Å². The number of fused-ring (bicyclic) bond motifs is 1. The third kappa shape index (κ3) is 6.44. The van der Waals surface area contributed by atoms with E-state index in [0.717, 1.165) is 32.1 Å². The number of hydrogen-bond donors (Lipinski definition) is 3. The van der Waals surface area contributed by atoms with E-state index in [4.69, 9.17) is 4.74 Å². The summed E-state index contributed by atoms with van der Waals surface area (Å²) in [4.78, 5) is 75.9. The van der Waals surface area contributed by atoms with Crippen LogP contribution in [-0.2, 0) is 14.4 Å². The number of carbonyl (C=O) groups is 5. The molecule has 3 aliphatic rings. The van der Waals surface area contributed by atoms with Crippen LogP contribution in [0, 0.1) is 11.3 Å². The Kier molecular flexibility index (Phi) is 8.71. The molecule has 0 radical (unpaired) electrons. The van der Waals surface area contributed by atoms with E-state index >= 15 is 0 Å². The van der Waals surface area contributed by atoms with Gasteiger partial charge in [0.15, 0.2) is 5.78 Å². The Hall–Kier alpha value is -4.35. The average molecular weight is 606 g/mol. The number of ketones is 1. The minimum absolute atomic E-state index is 0.0672. The molecule has 1 spiro atoms. The fourth-order valence-electron chi connectivity index (χ4n) is 6.59. The molecular weight excluding hydrogens is 566 g/mol. The van der Waals surface area contributed by atoms with Crippen LogP contribution in [0.4, 0.5) is 0 Å². The fourth-order valence-corrected chi connectivity index (χ4v) is 6.59. The molecule has 1 aromatic carbocycles. The molecule has 2 aliphatic heterocycles. The number of carboxylic acid groups (broad SMARTS) is 1. The molecule has 0 bridgehead atoms. The first-order valence-corrected chi connectivity index (χ1v) is 15.1. The largest absolute Gasteiger partial charge is 0.484 e. The standard InChI is InChI=1S/C32H39N5O7/c1-31(2,3)26(36-28(40)25(19-9-5-4-6-10-19)35-27(39)21-17-33-13-14-34-21)29(41)37-18-32(15-22(37)30(42)43)16-23(38)20-11-7-8-12-24(20)44-32/h7-8,11-14,17,19,22,25-26H,4-6,9-10,15-16,18H2,1-3H3,(H,35,39)(H,36,40)(H,42,43)/t22-,25-,26?,32?/m0/s1. The number of aromatic nitrogens is 2. The van der Waals surface area contributed by atoms with Gasteiger partial charge in [-0.05, 0) is 36.3 Å². The van der Waals surface area contributed by atoms with Gasteiger partial charge in [-0.15, -0.1) is 0 Å². The first kappa shape index (κ1) is 31.1. The number of rotatable bonds is 7. The van der Waals surface area contributed by atoms with E-state index in [1.54, 1.807) is 45.0 Å². The van der Waals surface area contributed by atoms with E-state index in [9.17, 15) is 29.1 Å². The van der Waals surface area contributed by atoms with E-state index in [1.807, 2.05) is 0 Å². The van der Waals surface area contributed by atoms with Crippen LogP contribution in [0.1, 0.15) is 86.6 Å². The Morgan fingerprint density at radius 1 is 1.07 bits per heavy atom. The van der Waals surface area contributed by atoms with Crippen LogP contribution in [-0.4, -0.2) is 79.7 Å². The smallest absolute Gasteiger partial charge is 0.326 e.